The first-order valence-corrected chi connectivity index (χ1v) is 3.64. The second-order valence-corrected chi connectivity index (χ2v) is 2.50. The van der Waals surface area contributed by atoms with Gasteiger partial charge in [-0.15, -0.1) is 0 Å². The quantitative estimate of drug-likeness (QED) is 0.648. The molecule has 1 heterocycles. The van der Waals surface area contributed by atoms with Gasteiger partial charge < -0.3 is 4.98 Å². The van der Waals surface area contributed by atoms with Crippen LogP contribution in [0.3, 0.4) is 0 Å². The van der Waals surface area contributed by atoms with Gasteiger partial charge in [0.05, 0.1) is 0 Å². The van der Waals surface area contributed by atoms with E-state index in [1.165, 1.54) is 0 Å². The molecule has 0 saturated heterocycles. The normalized spacial score (nSPS) is 9.91. The van der Waals surface area contributed by atoms with Gasteiger partial charge in [0, 0.05) is 18.9 Å². The van der Waals surface area contributed by atoms with Crippen molar-refractivity contribution in [3.05, 3.63) is 35.0 Å². The fourth-order valence-corrected chi connectivity index (χ4v) is 0.826. The second-order valence-electron chi connectivity index (χ2n) is 2.50. The zero-order chi connectivity index (χ0) is 8.27. The van der Waals surface area contributed by atoms with Gasteiger partial charge in [-0.2, -0.15) is 0 Å². The van der Waals surface area contributed by atoms with Crippen LogP contribution >= 0.6 is 0 Å². The zero-order valence-electron chi connectivity index (χ0n) is 6.63. The van der Waals surface area contributed by atoms with Gasteiger partial charge in [-0.05, 0) is 6.42 Å². The van der Waals surface area contributed by atoms with Gasteiger partial charge in [-0.25, -0.2) is 4.79 Å². The molecule has 0 aromatic carbocycles. The highest BCUT2D eigenvalue weighted by Gasteiger charge is 1.95. The summed E-state index contributed by atoms with van der Waals surface area (Å²) in [6.45, 7) is 6.47. The molecule has 0 aliphatic carbocycles. The van der Waals surface area contributed by atoms with Gasteiger partial charge >= 0.3 is 5.69 Å². The molecule has 1 rings (SSSR count). The van der Waals surface area contributed by atoms with E-state index in [-0.39, 0.29) is 5.69 Å². The molecule has 0 unspecified atom stereocenters. The van der Waals surface area contributed by atoms with E-state index in [1.807, 2.05) is 6.92 Å². The third-order valence-electron chi connectivity index (χ3n) is 1.62. The first-order chi connectivity index (χ1) is 5.24. The number of aromatic nitrogens is 2. The van der Waals surface area contributed by atoms with E-state index in [4.69, 9.17) is 0 Å². The number of hydrogen-bond acceptors (Lipinski definition) is 1. The Bertz CT molecular complexity index is 295. The highest BCUT2D eigenvalue weighted by molar-refractivity contribution is 4.94. The smallest absolute Gasteiger partial charge is 0.313 e. The molecular formula is C8H12N2O. The maximum absolute atomic E-state index is 10.9. The van der Waals surface area contributed by atoms with Crippen molar-refractivity contribution in [2.75, 3.05) is 0 Å². The van der Waals surface area contributed by atoms with Crippen molar-refractivity contribution in [2.24, 2.45) is 0 Å². The molecule has 60 valence electrons. The van der Waals surface area contributed by atoms with Crippen molar-refractivity contribution in [2.45, 2.75) is 19.9 Å². The van der Waals surface area contributed by atoms with Crippen LogP contribution in [0.25, 0.3) is 0 Å². The molecule has 1 aromatic heterocycles. The first kappa shape index (κ1) is 7.85. The number of imidazole rings is 1. The Kier molecular flexibility index (Phi) is 2.31. The molecule has 0 spiro atoms. The lowest BCUT2D eigenvalue weighted by Crippen LogP contribution is -2.16. The largest absolute Gasteiger partial charge is 0.325 e. The highest BCUT2D eigenvalue weighted by Crippen LogP contribution is 1.98. The van der Waals surface area contributed by atoms with Crippen LogP contribution < -0.4 is 5.69 Å². The van der Waals surface area contributed by atoms with Crippen LogP contribution in [-0.2, 0) is 6.54 Å². The molecular weight excluding hydrogens is 140 g/mol. The average molecular weight is 152 g/mol. The van der Waals surface area contributed by atoms with E-state index in [0.29, 0.717) is 6.54 Å². The summed E-state index contributed by atoms with van der Waals surface area (Å²) in [5, 5.41) is 0. The molecule has 0 atom stereocenters. The molecule has 0 aliphatic rings. The Hall–Kier alpha value is -1.25. The van der Waals surface area contributed by atoms with Crippen molar-refractivity contribution in [1.29, 1.82) is 0 Å². The standard InChI is InChI=1S/C8H12N2O/c1-3-7(2)6-10-5-4-9-8(10)11/h4-5H,2-3,6H2,1H3,(H,9,11). The van der Waals surface area contributed by atoms with Crippen LogP contribution in [0.5, 0.6) is 0 Å². The van der Waals surface area contributed by atoms with Crippen LogP contribution in [0.15, 0.2) is 29.3 Å². The lowest BCUT2D eigenvalue weighted by atomic mass is 10.2. The Morgan fingerprint density at radius 2 is 2.55 bits per heavy atom. The Balaban J connectivity index is 2.72. The molecule has 3 nitrogen and oxygen atoms in total. The number of allylic oxidation sites excluding steroid dienone is 1. The summed E-state index contributed by atoms with van der Waals surface area (Å²) in [4.78, 5) is 13.5. The van der Waals surface area contributed by atoms with Gasteiger partial charge in [0.1, 0.15) is 0 Å². The van der Waals surface area contributed by atoms with Crippen molar-refractivity contribution in [1.82, 2.24) is 9.55 Å². The molecule has 11 heavy (non-hydrogen) atoms. The highest BCUT2D eigenvalue weighted by atomic mass is 16.1. The maximum Gasteiger partial charge on any atom is 0.325 e. The van der Waals surface area contributed by atoms with E-state index in [1.54, 1.807) is 17.0 Å². The van der Waals surface area contributed by atoms with Crippen molar-refractivity contribution < 1.29 is 0 Å². The molecule has 0 bridgehead atoms. The Morgan fingerprint density at radius 3 is 3.00 bits per heavy atom. The van der Waals surface area contributed by atoms with Crippen molar-refractivity contribution >= 4 is 0 Å². The Morgan fingerprint density at radius 1 is 1.82 bits per heavy atom. The zero-order valence-corrected chi connectivity index (χ0v) is 6.63. The number of nitrogens with zero attached hydrogens (tertiary/aromatic N) is 1. The number of H-pyrrole nitrogens is 1. The fourth-order valence-electron chi connectivity index (χ4n) is 0.826. The SMILES string of the molecule is C=C(CC)Cn1cc[nH]c1=O. The molecule has 0 aliphatic heterocycles. The summed E-state index contributed by atoms with van der Waals surface area (Å²) in [7, 11) is 0. The third kappa shape index (κ3) is 1.83. The van der Waals surface area contributed by atoms with E-state index in [2.05, 4.69) is 11.6 Å². The molecule has 0 saturated carbocycles. The molecule has 1 N–H and O–H groups in total. The van der Waals surface area contributed by atoms with Crippen LogP contribution in [0, 0.1) is 0 Å². The van der Waals surface area contributed by atoms with E-state index in [0.717, 1.165) is 12.0 Å². The minimum absolute atomic E-state index is 0.0698. The van der Waals surface area contributed by atoms with E-state index in [9.17, 15) is 4.79 Å². The minimum Gasteiger partial charge on any atom is -0.313 e. The van der Waals surface area contributed by atoms with Crippen LogP contribution in [0.1, 0.15) is 13.3 Å². The average Bonchev–Trinajstić information content (AvgIpc) is 2.37. The predicted molar refractivity (Wildman–Crippen MR) is 44.5 cm³/mol. The number of rotatable bonds is 3. The second kappa shape index (κ2) is 3.23. The van der Waals surface area contributed by atoms with Crippen molar-refractivity contribution in [3.8, 4) is 0 Å². The number of nitrogens with one attached hydrogen (secondary N) is 1. The minimum atomic E-state index is -0.0698. The summed E-state index contributed by atoms with van der Waals surface area (Å²) in [5.74, 6) is 0. The maximum atomic E-state index is 10.9. The molecule has 3 heteroatoms. The number of hydrogen-bond donors (Lipinski definition) is 1. The lowest BCUT2D eigenvalue weighted by molar-refractivity contribution is 0.730. The van der Waals surface area contributed by atoms with Gasteiger partial charge in [0.2, 0.25) is 0 Å². The van der Waals surface area contributed by atoms with Crippen molar-refractivity contribution in [3.63, 3.8) is 0 Å². The summed E-state index contributed by atoms with van der Waals surface area (Å²) >= 11 is 0. The monoisotopic (exact) mass is 152 g/mol. The summed E-state index contributed by atoms with van der Waals surface area (Å²) in [6.07, 6.45) is 4.27. The van der Waals surface area contributed by atoms with Gasteiger partial charge in [-0.1, -0.05) is 19.1 Å². The molecule has 0 radical (unpaired) electrons. The fraction of sp³-hybridized carbons (Fsp3) is 0.375. The van der Waals surface area contributed by atoms with Gasteiger partial charge in [0.15, 0.2) is 0 Å². The molecule has 0 fully saturated rings. The van der Waals surface area contributed by atoms with Crippen LogP contribution in [0.4, 0.5) is 0 Å². The molecule has 0 amide bonds. The lowest BCUT2D eigenvalue weighted by Gasteiger charge is -2.00. The third-order valence-corrected chi connectivity index (χ3v) is 1.62. The Labute approximate surface area is 65.4 Å². The molecule has 1 aromatic rings. The predicted octanol–water partition coefficient (Wildman–Crippen LogP) is 1.14. The summed E-state index contributed by atoms with van der Waals surface area (Å²) in [6, 6.07) is 0. The summed E-state index contributed by atoms with van der Waals surface area (Å²) in [5.41, 5.74) is 0.992. The topological polar surface area (TPSA) is 37.8 Å². The van der Waals surface area contributed by atoms with E-state index >= 15 is 0 Å². The van der Waals surface area contributed by atoms with E-state index < -0.39 is 0 Å². The van der Waals surface area contributed by atoms with Gasteiger partial charge in [0.25, 0.3) is 0 Å². The van der Waals surface area contributed by atoms with Crippen LogP contribution in [-0.4, -0.2) is 9.55 Å². The first-order valence-electron chi connectivity index (χ1n) is 3.64. The number of aromatic amines is 1. The van der Waals surface area contributed by atoms with Gasteiger partial charge in [-0.3, -0.25) is 4.57 Å². The van der Waals surface area contributed by atoms with Crippen LogP contribution in [0.2, 0.25) is 0 Å². The summed E-state index contributed by atoms with van der Waals surface area (Å²) < 4.78 is 1.60.